The first-order valence-electron chi connectivity index (χ1n) is 4.57. The predicted octanol–water partition coefficient (Wildman–Crippen LogP) is 0.446. The van der Waals surface area contributed by atoms with E-state index in [1.807, 2.05) is 6.92 Å². The van der Waals surface area contributed by atoms with Gasteiger partial charge in [0, 0.05) is 0 Å². The minimum Gasteiger partial charge on any atom is -0.211 e. The van der Waals surface area contributed by atoms with Crippen molar-refractivity contribution in [2.24, 2.45) is 0 Å². The van der Waals surface area contributed by atoms with Crippen LogP contribution in [0.4, 0.5) is 0 Å². The van der Waals surface area contributed by atoms with Crippen LogP contribution in [0, 0.1) is 0 Å². The van der Waals surface area contributed by atoms with Gasteiger partial charge >= 0.3 is 0 Å². The van der Waals surface area contributed by atoms with Gasteiger partial charge in [-0.1, -0.05) is 19.8 Å². The normalized spacial score (nSPS) is 13.0. The lowest BCUT2D eigenvalue weighted by atomic mass is 10.3. The molecule has 1 N–H and O–H groups in total. The summed E-state index contributed by atoms with van der Waals surface area (Å²) in [5.41, 5.74) is 0. The van der Waals surface area contributed by atoms with Crippen molar-refractivity contribution in [3.8, 4) is 0 Å². The Balaban J connectivity index is 4.23. The number of unbranched alkanes of at least 4 members (excludes halogenated alkanes) is 2. The molecule has 0 aliphatic carbocycles. The van der Waals surface area contributed by atoms with Gasteiger partial charge in [0.2, 0.25) is 20.0 Å². The minimum absolute atomic E-state index is 0.125. The molecule has 0 aliphatic rings. The molecule has 0 heterocycles. The van der Waals surface area contributed by atoms with Crippen LogP contribution >= 0.6 is 0 Å². The van der Waals surface area contributed by atoms with Crippen molar-refractivity contribution in [2.45, 2.75) is 33.1 Å². The van der Waals surface area contributed by atoms with E-state index in [0.29, 0.717) is 6.42 Å². The molecule has 0 aromatic rings. The Morgan fingerprint density at radius 1 is 0.929 bits per heavy atom. The molecule has 0 atom stereocenters. The van der Waals surface area contributed by atoms with Gasteiger partial charge in [0.25, 0.3) is 0 Å². The van der Waals surface area contributed by atoms with Crippen LogP contribution in [0.5, 0.6) is 0 Å². The number of sulfonamides is 2. The van der Waals surface area contributed by atoms with Gasteiger partial charge in [0.05, 0.1) is 11.5 Å². The maximum absolute atomic E-state index is 11.2. The Labute approximate surface area is 86.0 Å². The monoisotopic (exact) mass is 243 g/mol. The Kier molecular flexibility index (Phi) is 5.61. The van der Waals surface area contributed by atoms with E-state index in [1.54, 1.807) is 4.13 Å². The van der Waals surface area contributed by atoms with Crippen LogP contribution in [0.1, 0.15) is 33.1 Å². The third-order valence-corrected chi connectivity index (χ3v) is 5.27. The fourth-order valence-electron chi connectivity index (χ4n) is 0.836. The molecule has 0 fully saturated rings. The molecule has 0 saturated heterocycles. The highest BCUT2D eigenvalue weighted by molar-refractivity contribution is 8.04. The fourth-order valence-corrected chi connectivity index (χ4v) is 3.77. The van der Waals surface area contributed by atoms with Gasteiger partial charge in [-0.15, -0.1) is 4.13 Å². The second-order valence-corrected chi connectivity index (χ2v) is 7.12. The van der Waals surface area contributed by atoms with Crippen LogP contribution in [0.15, 0.2) is 0 Å². The standard InChI is InChI=1S/C7H17NO4S2/c1-3-5-6-7-14(11,12)8-13(9,10)4-2/h8H,3-7H2,1-2H3. The first kappa shape index (κ1) is 13.9. The molecule has 0 aromatic carbocycles. The second-order valence-electron chi connectivity index (χ2n) is 3.01. The third kappa shape index (κ3) is 6.33. The van der Waals surface area contributed by atoms with Crippen molar-refractivity contribution in [1.29, 1.82) is 0 Å². The molecular weight excluding hydrogens is 226 g/mol. The summed E-state index contributed by atoms with van der Waals surface area (Å²) < 4.78 is 46.0. The summed E-state index contributed by atoms with van der Waals surface area (Å²) in [6, 6.07) is 0. The van der Waals surface area contributed by atoms with E-state index in [4.69, 9.17) is 0 Å². The summed E-state index contributed by atoms with van der Waals surface area (Å²) in [4.78, 5) is 0. The highest BCUT2D eigenvalue weighted by Gasteiger charge is 2.17. The summed E-state index contributed by atoms with van der Waals surface area (Å²) in [6.45, 7) is 3.34. The largest absolute Gasteiger partial charge is 0.224 e. The quantitative estimate of drug-likeness (QED) is 0.658. The molecule has 14 heavy (non-hydrogen) atoms. The number of rotatable bonds is 7. The predicted molar refractivity (Wildman–Crippen MR) is 55.9 cm³/mol. The Bertz CT molecular complexity index is 344. The van der Waals surface area contributed by atoms with Gasteiger partial charge in [0.15, 0.2) is 0 Å². The van der Waals surface area contributed by atoms with Crippen molar-refractivity contribution < 1.29 is 16.8 Å². The molecule has 86 valence electrons. The van der Waals surface area contributed by atoms with Gasteiger partial charge in [-0.3, -0.25) is 0 Å². The highest BCUT2D eigenvalue weighted by atomic mass is 32.3. The Hall–Kier alpha value is -0.140. The number of nitrogens with one attached hydrogen (secondary N) is 1. The second kappa shape index (κ2) is 5.67. The van der Waals surface area contributed by atoms with Crippen molar-refractivity contribution in [2.75, 3.05) is 11.5 Å². The van der Waals surface area contributed by atoms with E-state index in [0.717, 1.165) is 12.8 Å². The zero-order valence-corrected chi connectivity index (χ0v) is 10.1. The molecule has 5 nitrogen and oxygen atoms in total. The molecule has 0 aromatic heterocycles. The molecule has 0 aliphatic heterocycles. The Morgan fingerprint density at radius 3 is 1.93 bits per heavy atom. The number of hydrogen-bond donors (Lipinski definition) is 1. The van der Waals surface area contributed by atoms with Gasteiger partial charge in [-0.2, -0.15) is 0 Å². The lowest BCUT2D eigenvalue weighted by Gasteiger charge is -2.05. The summed E-state index contributed by atoms with van der Waals surface area (Å²) >= 11 is 0. The topological polar surface area (TPSA) is 80.3 Å². The molecule has 0 saturated carbocycles. The number of hydrogen-bond acceptors (Lipinski definition) is 4. The van der Waals surface area contributed by atoms with Crippen molar-refractivity contribution >= 4 is 20.0 Å². The molecule has 0 spiro atoms. The molecule has 0 amide bonds. The van der Waals surface area contributed by atoms with Gasteiger partial charge in [-0.25, -0.2) is 16.8 Å². The summed E-state index contributed by atoms with van der Waals surface area (Å²) in [5.74, 6) is -0.347. The fraction of sp³-hybridized carbons (Fsp3) is 1.00. The van der Waals surface area contributed by atoms with E-state index >= 15 is 0 Å². The van der Waals surface area contributed by atoms with Gasteiger partial charge in [0.1, 0.15) is 0 Å². The average molecular weight is 243 g/mol. The van der Waals surface area contributed by atoms with E-state index in [1.165, 1.54) is 6.92 Å². The van der Waals surface area contributed by atoms with Crippen LogP contribution in [0.3, 0.4) is 0 Å². The zero-order valence-electron chi connectivity index (χ0n) is 8.49. The Morgan fingerprint density at radius 2 is 1.50 bits per heavy atom. The molecular formula is C7H17NO4S2. The molecule has 7 heteroatoms. The highest BCUT2D eigenvalue weighted by Crippen LogP contribution is 1.99. The first-order chi connectivity index (χ1) is 6.33. The zero-order chi connectivity index (χ0) is 11.2. The molecule has 0 radical (unpaired) electrons. The van der Waals surface area contributed by atoms with Crippen molar-refractivity contribution in [1.82, 2.24) is 4.13 Å². The van der Waals surface area contributed by atoms with Gasteiger partial charge < -0.3 is 0 Å². The maximum Gasteiger partial charge on any atom is 0.224 e. The molecule has 0 unspecified atom stereocenters. The van der Waals surface area contributed by atoms with Crippen LogP contribution in [0.25, 0.3) is 0 Å². The lowest BCUT2D eigenvalue weighted by molar-refractivity contribution is 0.574. The van der Waals surface area contributed by atoms with E-state index in [-0.39, 0.29) is 11.5 Å². The average Bonchev–Trinajstić information content (AvgIpc) is 2.03. The summed E-state index contributed by atoms with van der Waals surface area (Å²) in [5, 5.41) is 0. The van der Waals surface area contributed by atoms with Gasteiger partial charge in [-0.05, 0) is 13.3 Å². The maximum atomic E-state index is 11.2. The summed E-state index contributed by atoms with van der Waals surface area (Å²) in [6.07, 6.45) is 2.17. The molecule has 0 bridgehead atoms. The SMILES string of the molecule is CCCCCS(=O)(=O)NS(=O)(=O)CC. The minimum atomic E-state index is -3.66. The first-order valence-corrected chi connectivity index (χ1v) is 7.87. The van der Waals surface area contributed by atoms with Crippen LogP contribution in [-0.2, 0) is 20.0 Å². The van der Waals surface area contributed by atoms with Crippen molar-refractivity contribution in [3.05, 3.63) is 0 Å². The molecule has 0 rings (SSSR count). The van der Waals surface area contributed by atoms with Crippen LogP contribution in [0.2, 0.25) is 0 Å². The third-order valence-electron chi connectivity index (χ3n) is 1.65. The van der Waals surface area contributed by atoms with Crippen molar-refractivity contribution in [3.63, 3.8) is 0 Å². The smallest absolute Gasteiger partial charge is 0.211 e. The van der Waals surface area contributed by atoms with E-state index in [2.05, 4.69) is 0 Å². The van der Waals surface area contributed by atoms with Crippen LogP contribution in [-0.4, -0.2) is 28.3 Å². The van der Waals surface area contributed by atoms with E-state index < -0.39 is 20.0 Å². The summed E-state index contributed by atoms with van der Waals surface area (Å²) in [7, 11) is -7.31. The lowest BCUT2D eigenvalue weighted by Crippen LogP contribution is -2.33. The van der Waals surface area contributed by atoms with Crippen LogP contribution < -0.4 is 4.13 Å². The van der Waals surface area contributed by atoms with E-state index in [9.17, 15) is 16.8 Å².